The van der Waals surface area contributed by atoms with E-state index in [4.69, 9.17) is 8.92 Å². The molecule has 7 nitrogen and oxygen atoms in total. The molecule has 8 heteroatoms. The maximum atomic E-state index is 13.6. The van der Waals surface area contributed by atoms with Crippen LogP contribution in [-0.2, 0) is 33.4 Å². The molecule has 0 amide bonds. The topological polar surface area (TPSA) is 104 Å². The fraction of sp³-hybridized carbons (Fsp3) is 0.607. The van der Waals surface area contributed by atoms with Gasteiger partial charge in [-0.05, 0) is 80.1 Å². The van der Waals surface area contributed by atoms with E-state index < -0.39 is 39.1 Å². The highest BCUT2D eigenvalue weighted by Gasteiger charge is 2.62. The first kappa shape index (κ1) is 25.3. The van der Waals surface area contributed by atoms with Crippen molar-refractivity contribution in [2.45, 2.75) is 83.3 Å². The summed E-state index contributed by atoms with van der Waals surface area (Å²) in [6.07, 6.45) is 3.40. The van der Waals surface area contributed by atoms with Crippen LogP contribution in [-0.4, -0.2) is 38.2 Å². The van der Waals surface area contributed by atoms with Crippen molar-refractivity contribution in [2.24, 2.45) is 28.6 Å². The number of carbonyl (C=O) groups excluding carboxylic acids is 3. The summed E-state index contributed by atoms with van der Waals surface area (Å²) in [7, 11) is -4.11. The van der Waals surface area contributed by atoms with E-state index in [1.165, 1.54) is 19.1 Å². The summed E-state index contributed by atoms with van der Waals surface area (Å²) in [5.41, 5.74) is 0.676. The third-order valence-corrected chi connectivity index (χ3v) is 10.9. The van der Waals surface area contributed by atoms with E-state index in [9.17, 15) is 22.8 Å². The maximum Gasteiger partial charge on any atom is 0.303 e. The summed E-state index contributed by atoms with van der Waals surface area (Å²) < 4.78 is 37.5. The minimum atomic E-state index is -4.11. The Labute approximate surface area is 212 Å². The molecule has 1 aromatic carbocycles. The Hall–Kier alpha value is -2.32. The quantitative estimate of drug-likeness (QED) is 0.435. The number of Topliss-reactive ketones (excluding diaryl/α,β-unsaturated/α-hetero) is 1. The standard InChI is InChI=1S/C28H34O7S/c1-16-5-7-18(8-6-16)36(32,33)35-23-12-14-27(3)20-11-13-28(4)19(9-10-24(28)31)25(20)22(30)15-21(27)26(23)34-17(2)29/h5-8,15,19-20,23,25-26H,9-14H2,1-4H3/t19-,20-,23-,25-,26+,27+,28-/m0/s1. The molecular formula is C28H34O7S. The van der Waals surface area contributed by atoms with Gasteiger partial charge in [-0.15, -0.1) is 0 Å². The second-order valence-electron chi connectivity index (χ2n) is 11.5. The van der Waals surface area contributed by atoms with Gasteiger partial charge in [-0.25, -0.2) is 0 Å². The SMILES string of the molecule is CC(=O)O[C@@H]1C2=CC(=O)[C@@H]3[C@H](CC[C@]4(C)C(=O)CC[C@@H]34)[C@@]2(C)CC[C@@H]1OS(=O)(=O)c1ccc(C)cc1. The Morgan fingerprint density at radius 1 is 0.972 bits per heavy atom. The molecule has 0 bridgehead atoms. The summed E-state index contributed by atoms with van der Waals surface area (Å²) in [4.78, 5) is 38.5. The van der Waals surface area contributed by atoms with E-state index in [2.05, 4.69) is 6.92 Å². The Bertz CT molecular complexity index is 1250. The van der Waals surface area contributed by atoms with Crippen LogP contribution in [0.15, 0.2) is 40.8 Å². The first-order valence-corrected chi connectivity index (χ1v) is 14.2. The highest BCUT2D eigenvalue weighted by atomic mass is 32.2. The number of hydrogen-bond donors (Lipinski definition) is 0. The van der Waals surface area contributed by atoms with Gasteiger partial charge >= 0.3 is 5.97 Å². The van der Waals surface area contributed by atoms with Crippen molar-refractivity contribution in [2.75, 3.05) is 0 Å². The van der Waals surface area contributed by atoms with Crippen molar-refractivity contribution in [3.8, 4) is 0 Å². The summed E-state index contributed by atoms with van der Waals surface area (Å²) in [5, 5.41) is 0. The molecular weight excluding hydrogens is 480 g/mol. The molecule has 0 radical (unpaired) electrons. The Morgan fingerprint density at radius 3 is 2.28 bits per heavy atom. The number of benzene rings is 1. The van der Waals surface area contributed by atoms with Crippen molar-refractivity contribution in [1.29, 1.82) is 0 Å². The fourth-order valence-electron chi connectivity index (χ4n) is 7.52. The average molecular weight is 515 g/mol. The zero-order chi connectivity index (χ0) is 26.0. The van der Waals surface area contributed by atoms with Crippen LogP contribution in [0.1, 0.15) is 64.9 Å². The number of esters is 1. The van der Waals surface area contributed by atoms with Crippen LogP contribution < -0.4 is 0 Å². The van der Waals surface area contributed by atoms with Crippen molar-refractivity contribution < 1.29 is 31.7 Å². The Kier molecular flexibility index (Phi) is 6.07. The lowest BCUT2D eigenvalue weighted by molar-refractivity contribution is -0.156. The van der Waals surface area contributed by atoms with E-state index >= 15 is 0 Å². The van der Waals surface area contributed by atoms with Crippen LogP contribution in [0.3, 0.4) is 0 Å². The molecule has 4 aliphatic carbocycles. The minimum Gasteiger partial charge on any atom is -0.455 e. The average Bonchev–Trinajstić information content (AvgIpc) is 3.11. The van der Waals surface area contributed by atoms with Crippen LogP contribution in [0.25, 0.3) is 0 Å². The van der Waals surface area contributed by atoms with Crippen LogP contribution >= 0.6 is 0 Å². The monoisotopic (exact) mass is 514 g/mol. The molecule has 0 aromatic heterocycles. The number of carbonyl (C=O) groups is 3. The molecule has 1 aromatic rings. The van der Waals surface area contributed by atoms with Gasteiger partial charge in [-0.1, -0.05) is 31.5 Å². The third kappa shape index (κ3) is 3.88. The number of aryl methyl sites for hydroxylation is 1. The summed E-state index contributed by atoms with van der Waals surface area (Å²) in [6.45, 7) is 7.26. The number of rotatable bonds is 4. The summed E-state index contributed by atoms with van der Waals surface area (Å²) in [6, 6.07) is 6.39. The van der Waals surface area contributed by atoms with Gasteiger partial charge in [-0.3, -0.25) is 18.6 Å². The van der Waals surface area contributed by atoms with Crippen molar-refractivity contribution in [3.63, 3.8) is 0 Å². The Balaban J connectivity index is 1.50. The molecule has 4 aliphatic rings. The van der Waals surface area contributed by atoms with Gasteiger partial charge in [0.15, 0.2) is 11.9 Å². The van der Waals surface area contributed by atoms with Gasteiger partial charge in [0.25, 0.3) is 10.1 Å². The van der Waals surface area contributed by atoms with Gasteiger partial charge in [0, 0.05) is 24.7 Å². The van der Waals surface area contributed by atoms with Crippen molar-refractivity contribution in [1.82, 2.24) is 0 Å². The maximum absolute atomic E-state index is 13.6. The predicted molar refractivity (Wildman–Crippen MR) is 131 cm³/mol. The molecule has 36 heavy (non-hydrogen) atoms. The first-order valence-electron chi connectivity index (χ1n) is 12.8. The number of ether oxygens (including phenoxy) is 1. The van der Waals surface area contributed by atoms with E-state index in [-0.39, 0.29) is 34.2 Å². The fourth-order valence-corrected chi connectivity index (χ4v) is 8.63. The van der Waals surface area contributed by atoms with E-state index in [1.807, 2.05) is 13.8 Å². The van der Waals surface area contributed by atoms with Gasteiger partial charge in [0.1, 0.15) is 11.9 Å². The number of allylic oxidation sites excluding steroid dienone is 1. The normalized spacial score (nSPS) is 38.0. The number of hydrogen-bond acceptors (Lipinski definition) is 7. The van der Waals surface area contributed by atoms with Gasteiger partial charge in [-0.2, -0.15) is 8.42 Å². The zero-order valence-electron chi connectivity index (χ0n) is 21.3. The molecule has 194 valence electrons. The lowest BCUT2D eigenvalue weighted by Gasteiger charge is -2.57. The Morgan fingerprint density at radius 2 is 1.61 bits per heavy atom. The summed E-state index contributed by atoms with van der Waals surface area (Å²) >= 11 is 0. The van der Waals surface area contributed by atoms with E-state index in [0.717, 1.165) is 24.8 Å². The molecule has 5 rings (SSSR count). The number of ketones is 2. The van der Waals surface area contributed by atoms with Crippen LogP contribution in [0.5, 0.6) is 0 Å². The second kappa shape index (κ2) is 8.62. The molecule has 0 aliphatic heterocycles. The third-order valence-electron chi connectivity index (χ3n) is 9.53. The molecule has 0 N–H and O–H groups in total. The van der Waals surface area contributed by atoms with Crippen LogP contribution in [0.4, 0.5) is 0 Å². The highest BCUT2D eigenvalue weighted by Crippen LogP contribution is 2.63. The second-order valence-corrected chi connectivity index (χ2v) is 13.1. The number of fused-ring (bicyclic) bond motifs is 5. The van der Waals surface area contributed by atoms with Gasteiger partial charge in [0.2, 0.25) is 0 Å². The van der Waals surface area contributed by atoms with Gasteiger partial charge in [0.05, 0.1) is 4.90 Å². The van der Waals surface area contributed by atoms with Crippen LogP contribution in [0, 0.1) is 35.5 Å². The lowest BCUT2D eigenvalue weighted by atomic mass is 9.47. The minimum absolute atomic E-state index is 0.0155. The van der Waals surface area contributed by atoms with Gasteiger partial charge < -0.3 is 4.74 Å². The van der Waals surface area contributed by atoms with Crippen LogP contribution in [0.2, 0.25) is 0 Å². The zero-order valence-corrected chi connectivity index (χ0v) is 22.1. The molecule has 7 atom stereocenters. The van der Waals surface area contributed by atoms with E-state index in [0.29, 0.717) is 24.8 Å². The largest absolute Gasteiger partial charge is 0.455 e. The summed E-state index contributed by atoms with van der Waals surface area (Å²) in [5.74, 6) is -0.544. The van der Waals surface area contributed by atoms with Crippen molar-refractivity contribution in [3.05, 3.63) is 41.5 Å². The molecule has 3 saturated carbocycles. The van der Waals surface area contributed by atoms with E-state index in [1.54, 1.807) is 18.2 Å². The highest BCUT2D eigenvalue weighted by molar-refractivity contribution is 7.86. The van der Waals surface area contributed by atoms with Crippen molar-refractivity contribution >= 4 is 27.7 Å². The molecule has 0 heterocycles. The molecule has 3 fully saturated rings. The smallest absolute Gasteiger partial charge is 0.303 e. The lowest BCUT2D eigenvalue weighted by Crippen LogP contribution is -2.57. The predicted octanol–water partition coefficient (Wildman–Crippen LogP) is 4.32. The molecule has 0 spiro atoms. The molecule has 0 saturated heterocycles. The molecule has 0 unspecified atom stereocenters. The first-order chi connectivity index (χ1) is 16.9.